The van der Waals surface area contributed by atoms with Gasteiger partial charge in [0.05, 0.1) is 0 Å². The molecule has 0 aliphatic heterocycles. The molecule has 3 nitrogen and oxygen atoms in total. The minimum absolute atomic E-state index is 0.325. The standard InChI is InChI=1S/C54H35N3S2/c1-4-13-33(14-5-1)39-26-25-38-31-50-47(41-19-10-11-22-48(41)58-50)32-45(38)46-29-36(23-27-40(39)46)37-24-28-42-43-20-12-21-44(51(43)59-49(42)30-37)54-56-52(34-15-6-2-7-16-34)55-53(57-54)35-17-8-3-9-18-35/h1-24,27-32,39H,25-26H2. The van der Waals surface area contributed by atoms with E-state index in [9.17, 15) is 0 Å². The van der Waals surface area contributed by atoms with Gasteiger partial charge in [-0.25, -0.2) is 15.0 Å². The fourth-order valence-corrected chi connectivity index (χ4v) is 11.5. The summed E-state index contributed by atoms with van der Waals surface area (Å²) < 4.78 is 5.15. The number of benzene rings is 8. The zero-order chi connectivity index (χ0) is 38.9. The lowest BCUT2D eigenvalue weighted by Crippen LogP contribution is -2.02. The van der Waals surface area contributed by atoms with Gasteiger partial charge < -0.3 is 0 Å². The van der Waals surface area contributed by atoms with Crippen LogP contribution in [-0.4, -0.2) is 15.0 Å². The van der Waals surface area contributed by atoms with Crippen molar-refractivity contribution in [3.63, 3.8) is 0 Å². The Morgan fingerprint density at radius 1 is 0.390 bits per heavy atom. The van der Waals surface area contributed by atoms with Crippen molar-refractivity contribution in [3.05, 3.63) is 199 Å². The van der Waals surface area contributed by atoms with Gasteiger partial charge in [0.2, 0.25) is 0 Å². The fraction of sp³-hybridized carbons (Fsp3) is 0.0556. The topological polar surface area (TPSA) is 38.7 Å². The van der Waals surface area contributed by atoms with Crippen molar-refractivity contribution < 1.29 is 0 Å². The second-order valence-electron chi connectivity index (χ2n) is 15.4. The highest BCUT2D eigenvalue weighted by atomic mass is 32.1. The first-order chi connectivity index (χ1) is 29.2. The zero-order valence-electron chi connectivity index (χ0n) is 32.0. The van der Waals surface area contributed by atoms with Gasteiger partial charge in [0, 0.05) is 63.0 Å². The van der Waals surface area contributed by atoms with Crippen LogP contribution in [0.25, 0.3) is 96.8 Å². The summed E-state index contributed by atoms with van der Waals surface area (Å²) in [6.07, 6.45) is 2.12. The molecule has 11 aromatic rings. The number of nitrogens with zero attached hydrogens (tertiary/aromatic N) is 3. The molecule has 1 aliphatic rings. The first kappa shape index (κ1) is 34.3. The predicted molar refractivity (Wildman–Crippen MR) is 249 cm³/mol. The van der Waals surface area contributed by atoms with Crippen LogP contribution in [0, 0.1) is 0 Å². The van der Waals surface area contributed by atoms with Crippen LogP contribution in [-0.2, 0) is 6.42 Å². The second-order valence-corrected chi connectivity index (χ2v) is 17.6. The van der Waals surface area contributed by atoms with E-state index >= 15 is 0 Å². The minimum Gasteiger partial charge on any atom is -0.208 e. The average molecular weight is 790 g/mol. The highest BCUT2D eigenvalue weighted by Crippen LogP contribution is 2.47. The maximum Gasteiger partial charge on any atom is 0.165 e. The number of fused-ring (bicyclic) bond motifs is 9. The van der Waals surface area contributed by atoms with Gasteiger partial charge in [-0.2, -0.15) is 0 Å². The van der Waals surface area contributed by atoms with Crippen molar-refractivity contribution in [1.29, 1.82) is 0 Å². The summed E-state index contributed by atoms with van der Waals surface area (Å²) in [7, 11) is 0. The zero-order valence-corrected chi connectivity index (χ0v) is 33.6. The first-order valence-corrected chi connectivity index (χ1v) is 21.8. The normalized spacial score (nSPS) is 13.8. The molecule has 0 saturated heterocycles. The van der Waals surface area contributed by atoms with Gasteiger partial charge in [-0.05, 0) is 88.2 Å². The first-order valence-electron chi connectivity index (χ1n) is 20.2. The Bertz CT molecular complexity index is 3330. The summed E-state index contributed by atoms with van der Waals surface area (Å²) in [6, 6.07) is 66.0. The summed E-state index contributed by atoms with van der Waals surface area (Å²) in [5.74, 6) is 2.34. The van der Waals surface area contributed by atoms with Gasteiger partial charge in [0.25, 0.3) is 0 Å². The number of rotatable bonds is 5. The van der Waals surface area contributed by atoms with Crippen molar-refractivity contribution in [3.8, 4) is 56.4 Å². The summed E-state index contributed by atoms with van der Waals surface area (Å²) in [5, 5.41) is 5.15. The Morgan fingerprint density at radius 3 is 1.80 bits per heavy atom. The van der Waals surface area contributed by atoms with E-state index in [1.807, 2.05) is 59.1 Å². The van der Waals surface area contributed by atoms with E-state index in [0.717, 1.165) is 29.5 Å². The summed E-state index contributed by atoms with van der Waals surface area (Å²) in [5.41, 5.74) is 12.3. The highest BCUT2D eigenvalue weighted by molar-refractivity contribution is 7.26. The number of aryl methyl sites for hydroxylation is 1. The Labute approximate surface area is 350 Å². The molecule has 0 fully saturated rings. The maximum absolute atomic E-state index is 5.10. The largest absolute Gasteiger partial charge is 0.208 e. The van der Waals surface area contributed by atoms with Gasteiger partial charge in [0.1, 0.15) is 0 Å². The van der Waals surface area contributed by atoms with Gasteiger partial charge in [-0.3, -0.25) is 0 Å². The molecule has 0 amide bonds. The molecule has 0 radical (unpaired) electrons. The number of aromatic nitrogens is 3. The van der Waals surface area contributed by atoms with Crippen LogP contribution in [0.4, 0.5) is 0 Å². The molecule has 1 aliphatic carbocycles. The van der Waals surface area contributed by atoms with Crippen LogP contribution < -0.4 is 0 Å². The van der Waals surface area contributed by atoms with Gasteiger partial charge in [-0.15, -0.1) is 22.7 Å². The van der Waals surface area contributed by atoms with Crippen LogP contribution in [0.3, 0.4) is 0 Å². The van der Waals surface area contributed by atoms with E-state index in [0.29, 0.717) is 23.4 Å². The number of hydrogen-bond acceptors (Lipinski definition) is 5. The lowest BCUT2D eigenvalue weighted by atomic mass is 9.84. The van der Waals surface area contributed by atoms with E-state index < -0.39 is 0 Å². The molecule has 1 atom stereocenters. The molecule has 0 spiro atoms. The predicted octanol–water partition coefficient (Wildman–Crippen LogP) is 15.0. The molecule has 59 heavy (non-hydrogen) atoms. The van der Waals surface area contributed by atoms with Gasteiger partial charge in [-0.1, -0.05) is 146 Å². The van der Waals surface area contributed by atoms with E-state index in [-0.39, 0.29) is 0 Å². The van der Waals surface area contributed by atoms with Crippen LogP contribution in [0.1, 0.15) is 29.0 Å². The molecule has 0 saturated carbocycles. The Balaban J connectivity index is 1.01. The van der Waals surface area contributed by atoms with Crippen molar-refractivity contribution in [2.45, 2.75) is 18.8 Å². The minimum atomic E-state index is 0.325. The number of hydrogen-bond donors (Lipinski definition) is 0. The van der Waals surface area contributed by atoms with E-state index in [1.54, 1.807) is 0 Å². The Morgan fingerprint density at radius 2 is 1.02 bits per heavy atom. The molecular formula is C54H35N3S2. The van der Waals surface area contributed by atoms with Gasteiger partial charge in [0.15, 0.2) is 17.5 Å². The third kappa shape index (κ3) is 5.88. The average Bonchev–Trinajstić information content (AvgIpc) is 3.82. The van der Waals surface area contributed by atoms with Crippen LogP contribution in [0.2, 0.25) is 0 Å². The summed E-state index contributed by atoms with van der Waals surface area (Å²) in [4.78, 5) is 15.1. The smallest absolute Gasteiger partial charge is 0.165 e. The molecule has 12 rings (SSSR count). The summed E-state index contributed by atoms with van der Waals surface area (Å²) >= 11 is 3.73. The fourth-order valence-electron chi connectivity index (χ4n) is 9.11. The van der Waals surface area contributed by atoms with Crippen molar-refractivity contribution in [2.24, 2.45) is 0 Å². The van der Waals surface area contributed by atoms with Gasteiger partial charge >= 0.3 is 0 Å². The van der Waals surface area contributed by atoms with Crippen molar-refractivity contribution in [1.82, 2.24) is 15.0 Å². The third-order valence-electron chi connectivity index (χ3n) is 12.0. The Kier molecular flexibility index (Phi) is 8.10. The summed E-state index contributed by atoms with van der Waals surface area (Å²) in [6.45, 7) is 0. The lowest BCUT2D eigenvalue weighted by molar-refractivity contribution is 0.726. The Hall–Kier alpha value is -6.79. The van der Waals surface area contributed by atoms with E-state index in [2.05, 4.69) is 146 Å². The molecular weight excluding hydrogens is 755 g/mol. The third-order valence-corrected chi connectivity index (χ3v) is 14.3. The SMILES string of the molecule is c1ccc(-c2nc(-c3ccccc3)nc(-c3cccc4c3sc3cc(-c5ccc6c(c5)-c5cc7c(cc5CCC6c5ccccc5)sc5ccccc57)ccc34)n2)cc1. The molecule has 0 N–H and O–H groups in total. The molecule has 278 valence electrons. The van der Waals surface area contributed by atoms with Crippen molar-refractivity contribution >= 4 is 63.0 Å². The quantitative estimate of drug-likeness (QED) is 0.174. The van der Waals surface area contributed by atoms with Crippen LogP contribution in [0.15, 0.2) is 182 Å². The van der Waals surface area contributed by atoms with E-state index in [1.165, 1.54) is 79.3 Å². The van der Waals surface area contributed by atoms with Crippen molar-refractivity contribution in [2.75, 3.05) is 0 Å². The lowest BCUT2D eigenvalue weighted by Gasteiger charge is -2.19. The van der Waals surface area contributed by atoms with Crippen LogP contribution >= 0.6 is 22.7 Å². The molecule has 1 unspecified atom stereocenters. The highest BCUT2D eigenvalue weighted by Gasteiger charge is 2.26. The van der Waals surface area contributed by atoms with E-state index in [4.69, 9.17) is 15.0 Å². The second kappa shape index (κ2) is 13.9. The molecule has 5 heteroatoms. The molecule has 3 heterocycles. The maximum atomic E-state index is 5.10. The molecule has 0 bridgehead atoms. The van der Waals surface area contributed by atoms with Crippen LogP contribution in [0.5, 0.6) is 0 Å². The number of thiophene rings is 2. The molecule has 8 aromatic carbocycles. The molecule has 3 aromatic heterocycles. The monoisotopic (exact) mass is 789 g/mol.